The standard InChI is InChI=1S/C15H20BN3O4/c1-9(19-14(20)23-15(2,3)4)11-7-10(16(21)22)8-12-13(11)18-6-5-17-12/h5-9,21-22H,1-4H3,(H,19,20). The van der Waals surface area contributed by atoms with Crippen molar-refractivity contribution >= 4 is 29.7 Å². The minimum absolute atomic E-state index is 0.283. The normalized spacial score (nSPS) is 12.8. The molecule has 8 heteroatoms. The van der Waals surface area contributed by atoms with Crippen LogP contribution >= 0.6 is 0 Å². The number of nitrogens with zero attached hydrogens (tertiary/aromatic N) is 2. The number of hydrogen-bond donors (Lipinski definition) is 3. The summed E-state index contributed by atoms with van der Waals surface area (Å²) in [5.41, 5.74) is 1.41. The summed E-state index contributed by atoms with van der Waals surface area (Å²) in [7, 11) is -1.63. The van der Waals surface area contributed by atoms with Crippen LogP contribution in [0, 0.1) is 0 Å². The number of carbonyl (C=O) groups is 1. The van der Waals surface area contributed by atoms with E-state index in [1.807, 2.05) is 0 Å². The molecule has 1 aromatic carbocycles. The van der Waals surface area contributed by atoms with Gasteiger partial charge in [0.1, 0.15) is 5.60 Å². The van der Waals surface area contributed by atoms with Crippen LogP contribution in [0.5, 0.6) is 0 Å². The van der Waals surface area contributed by atoms with Crippen LogP contribution in [-0.2, 0) is 4.74 Å². The van der Waals surface area contributed by atoms with Gasteiger partial charge in [-0.1, -0.05) is 6.07 Å². The number of carbonyl (C=O) groups excluding carboxylic acids is 1. The molecule has 0 aliphatic carbocycles. The third-order valence-electron chi connectivity index (χ3n) is 3.12. The molecule has 122 valence electrons. The third-order valence-corrected chi connectivity index (χ3v) is 3.12. The lowest BCUT2D eigenvalue weighted by Gasteiger charge is -2.22. The van der Waals surface area contributed by atoms with Gasteiger partial charge in [-0.05, 0) is 39.2 Å². The average Bonchev–Trinajstić information content (AvgIpc) is 2.43. The molecule has 23 heavy (non-hydrogen) atoms. The van der Waals surface area contributed by atoms with Gasteiger partial charge in [-0.2, -0.15) is 0 Å². The summed E-state index contributed by atoms with van der Waals surface area (Å²) in [5.74, 6) is 0. The summed E-state index contributed by atoms with van der Waals surface area (Å²) in [5, 5.41) is 21.6. The molecule has 0 aliphatic heterocycles. The van der Waals surface area contributed by atoms with Gasteiger partial charge in [0.25, 0.3) is 0 Å². The first kappa shape index (κ1) is 17.2. The number of aromatic nitrogens is 2. The summed E-state index contributed by atoms with van der Waals surface area (Å²) < 4.78 is 5.23. The molecule has 3 N–H and O–H groups in total. The van der Waals surface area contributed by atoms with E-state index in [4.69, 9.17) is 4.74 Å². The van der Waals surface area contributed by atoms with E-state index in [2.05, 4.69) is 15.3 Å². The number of rotatable bonds is 3. The number of amides is 1. The van der Waals surface area contributed by atoms with Crippen molar-refractivity contribution in [2.45, 2.75) is 39.3 Å². The zero-order valence-corrected chi connectivity index (χ0v) is 13.6. The predicted octanol–water partition coefficient (Wildman–Crippen LogP) is 0.895. The fraction of sp³-hybridized carbons (Fsp3) is 0.400. The highest BCUT2D eigenvalue weighted by atomic mass is 16.6. The van der Waals surface area contributed by atoms with Gasteiger partial charge in [0.15, 0.2) is 0 Å². The topological polar surface area (TPSA) is 105 Å². The highest BCUT2D eigenvalue weighted by Gasteiger charge is 2.22. The number of alkyl carbamates (subject to hydrolysis) is 1. The molecule has 1 atom stereocenters. The maximum atomic E-state index is 11.9. The Morgan fingerprint density at radius 3 is 2.52 bits per heavy atom. The van der Waals surface area contributed by atoms with Crippen LogP contribution in [-0.4, -0.2) is 38.8 Å². The molecule has 0 aliphatic rings. The van der Waals surface area contributed by atoms with Gasteiger partial charge in [0.2, 0.25) is 0 Å². The zero-order chi connectivity index (χ0) is 17.2. The lowest BCUT2D eigenvalue weighted by molar-refractivity contribution is 0.0508. The maximum absolute atomic E-state index is 11.9. The molecule has 1 unspecified atom stereocenters. The van der Waals surface area contributed by atoms with Crippen molar-refractivity contribution in [1.29, 1.82) is 0 Å². The summed E-state index contributed by atoms with van der Waals surface area (Å²) in [4.78, 5) is 20.4. The molecule has 2 aromatic rings. The SMILES string of the molecule is CC(NC(=O)OC(C)(C)C)c1cc(B(O)O)cc2nccnc12. The van der Waals surface area contributed by atoms with Crippen LogP contribution < -0.4 is 10.8 Å². The van der Waals surface area contributed by atoms with Crippen molar-refractivity contribution in [2.75, 3.05) is 0 Å². The lowest BCUT2D eigenvalue weighted by Crippen LogP contribution is -2.35. The van der Waals surface area contributed by atoms with Gasteiger partial charge in [0, 0.05) is 18.0 Å². The highest BCUT2D eigenvalue weighted by Crippen LogP contribution is 2.20. The van der Waals surface area contributed by atoms with Gasteiger partial charge >= 0.3 is 13.2 Å². The Hall–Kier alpha value is -2.19. The lowest BCUT2D eigenvalue weighted by atomic mass is 9.78. The van der Waals surface area contributed by atoms with E-state index in [1.54, 1.807) is 46.0 Å². The Kier molecular flexibility index (Phi) is 4.86. The molecule has 2 rings (SSSR count). The van der Waals surface area contributed by atoms with Crippen molar-refractivity contribution in [2.24, 2.45) is 0 Å². The van der Waals surface area contributed by atoms with Crippen molar-refractivity contribution < 1.29 is 19.6 Å². The molecule has 0 spiro atoms. The van der Waals surface area contributed by atoms with Gasteiger partial charge < -0.3 is 20.1 Å². The molecule has 7 nitrogen and oxygen atoms in total. The Labute approximate surface area is 134 Å². The van der Waals surface area contributed by atoms with Crippen LogP contribution in [0.2, 0.25) is 0 Å². The van der Waals surface area contributed by atoms with Crippen molar-refractivity contribution in [3.8, 4) is 0 Å². The summed E-state index contributed by atoms with van der Waals surface area (Å²) in [6, 6.07) is 2.70. The molecule has 1 amide bonds. The number of benzene rings is 1. The highest BCUT2D eigenvalue weighted by molar-refractivity contribution is 6.59. The Bertz CT molecular complexity index is 715. The van der Waals surface area contributed by atoms with E-state index in [9.17, 15) is 14.8 Å². The predicted molar refractivity (Wildman–Crippen MR) is 87.1 cm³/mol. The second kappa shape index (κ2) is 6.51. The molecule has 0 fully saturated rings. The van der Waals surface area contributed by atoms with Gasteiger partial charge in [-0.3, -0.25) is 9.97 Å². The quantitative estimate of drug-likeness (QED) is 0.726. The zero-order valence-electron chi connectivity index (χ0n) is 13.6. The number of hydrogen-bond acceptors (Lipinski definition) is 6. The Morgan fingerprint density at radius 1 is 1.26 bits per heavy atom. The molecule has 0 radical (unpaired) electrons. The first-order chi connectivity index (χ1) is 10.7. The molecular weight excluding hydrogens is 297 g/mol. The van der Waals surface area contributed by atoms with Gasteiger partial charge in [0.05, 0.1) is 17.1 Å². The average molecular weight is 317 g/mol. The number of ether oxygens (including phenoxy) is 1. The summed E-state index contributed by atoms with van der Waals surface area (Å²) in [6.45, 7) is 7.10. The number of fused-ring (bicyclic) bond motifs is 1. The summed E-state index contributed by atoms with van der Waals surface area (Å²) >= 11 is 0. The molecular formula is C15H20BN3O4. The first-order valence-electron chi connectivity index (χ1n) is 7.27. The van der Waals surface area contributed by atoms with Crippen molar-refractivity contribution in [3.63, 3.8) is 0 Å². The number of nitrogens with one attached hydrogen (secondary N) is 1. The second-order valence-corrected chi connectivity index (χ2v) is 6.28. The minimum atomic E-state index is -1.63. The van der Waals surface area contributed by atoms with Gasteiger partial charge in [-0.15, -0.1) is 0 Å². The molecule has 0 bridgehead atoms. The fourth-order valence-electron chi connectivity index (χ4n) is 2.17. The van der Waals surface area contributed by atoms with E-state index in [0.717, 1.165) is 0 Å². The van der Waals surface area contributed by atoms with Crippen LogP contribution in [0.15, 0.2) is 24.5 Å². The van der Waals surface area contributed by atoms with E-state index >= 15 is 0 Å². The third kappa shape index (κ3) is 4.40. The molecule has 0 saturated heterocycles. The van der Waals surface area contributed by atoms with E-state index in [1.165, 1.54) is 6.20 Å². The summed E-state index contributed by atoms with van der Waals surface area (Å²) in [6.07, 6.45) is 2.50. The Morgan fingerprint density at radius 2 is 1.91 bits per heavy atom. The molecule has 0 saturated carbocycles. The minimum Gasteiger partial charge on any atom is -0.444 e. The van der Waals surface area contributed by atoms with E-state index in [0.29, 0.717) is 16.6 Å². The van der Waals surface area contributed by atoms with E-state index in [-0.39, 0.29) is 5.46 Å². The van der Waals surface area contributed by atoms with Crippen molar-refractivity contribution in [1.82, 2.24) is 15.3 Å². The second-order valence-electron chi connectivity index (χ2n) is 6.28. The largest absolute Gasteiger partial charge is 0.488 e. The van der Waals surface area contributed by atoms with Crippen LogP contribution in [0.3, 0.4) is 0 Å². The monoisotopic (exact) mass is 317 g/mol. The molecule has 1 aromatic heterocycles. The van der Waals surface area contributed by atoms with Gasteiger partial charge in [-0.25, -0.2) is 4.79 Å². The van der Waals surface area contributed by atoms with Crippen LogP contribution in [0.25, 0.3) is 11.0 Å². The maximum Gasteiger partial charge on any atom is 0.488 e. The van der Waals surface area contributed by atoms with Crippen LogP contribution in [0.1, 0.15) is 39.3 Å². The smallest absolute Gasteiger partial charge is 0.444 e. The molecule has 1 heterocycles. The fourth-order valence-corrected chi connectivity index (χ4v) is 2.17. The Balaban J connectivity index is 2.35. The van der Waals surface area contributed by atoms with Crippen molar-refractivity contribution in [3.05, 3.63) is 30.1 Å². The first-order valence-corrected chi connectivity index (χ1v) is 7.27. The van der Waals surface area contributed by atoms with Crippen LogP contribution in [0.4, 0.5) is 4.79 Å². The van der Waals surface area contributed by atoms with E-state index < -0.39 is 24.9 Å².